The van der Waals surface area contributed by atoms with Crippen molar-refractivity contribution in [3.63, 3.8) is 0 Å². The van der Waals surface area contributed by atoms with Crippen LogP contribution in [0.5, 0.6) is 0 Å². The van der Waals surface area contributed by atoms with Crippen molar-refractivity contribution in [3.8, 4) is 0 Å². The number of nitrogens with one attached hydrogen (secondary N) is 2. The topological polar surface area (TPSA) is 95.5 Å². The molecule has 3 atom stereocenters. The number of rotatable bonds is 6. The first kappa shape index (κ1) is 18.4. The highest BCUT2D eigenvalue weighted by atomic mass is 16.4. The van der Waals surface area contributed by atoms with E-state index in [2.05, 4.69) is 10.6 Å². The van der Waals surface area contributed by atoms with Gasteiger partial charge in [0.15, 0.2) is 0 Å². The molecular formula is C14H26N2O4. The van der Waals surface area contributed by atoms with Crippen LogP contribution in [-0.2, 0) is 14.4 Å². The van der Waals surface area contributed by atoms with Crippen molar-refractivity contribution in [2.45, 2.75) is 60.0 Å². The van der Waals surface area contributed by atoms with Gasteiger partial charge < -0.3 is 15.7 Å². The standard InChI is InChI=1S/C14H26N2O4/c1-7-8(2)10(12(18)19)16-11(17)9(3)15-13(20)14(4,5)6/h8-10H,7H2,1-6H3,(H,15,20)(H,16,17)(H,18,19)/t8-,9?,10-/m0/s1. The quantitative estimate of drug-likeness (QED) is 0.682. The molecule has 0 fully saturated rings. The first-order chi connectivity index (χ1) is 9.00. The number of carboxylic acids is 1. The van der Waals surface area contributed by atoms with Gasteiger partial charge in [-0.05, 0) is 12.8 Å². The Morgan fingerprint density at radius 1 is 1.10 bits per heavy atom. The van der Waals surface area contributed by atoms with Crippen LogP contribution in [0.15, 0.2) is 0 Å². The van der Waals surface area contributed by atoms with Gasteiger partial charge in [0.25, 0.3) is 0 Å². The molecule has 0 radical (unpaired) electrons. The Morgan fingerprint density at radius 3 is 1.95 bits per heavy atom. The summed E-state index contributed by atoms with van der Waals surface area (Å²) in [6, 6.07) is -1.71. The molecule has 0 aliphatic carbocycles. The summed E-state index contributed by atoms with van der Waals surface area (Å²) < 4.78 is 0. The molecule has 0 aliphatic rings. The Bertz CT molecular complexity index is 374. The van der Waals surface area contributed by atoms with Crippen LogP contribution in [-0.4, -0.2) is 35.0 Å². The van der Waals surface area contributed by atoms with Crippen LogP contribution in [0, 0.1) is 11.3 Å². The highest BCUT2D eigenvalue weighted by Gasteiger charge is 2.29. The predicted molar refractivity (Wildman–Crippen MR) is 76.1 cm³/mol. The number of amides is 2. The minimum Gasteiger partial charge on any atom is -0.480 e. The normalized spacial score (nSPS) is 15.9. The van der Waals surface area contributed by atoms with E-state index in [1.807, 2.05) is 6.92 Å². The lowest BCUT2D eigenvalue weighted by Crippen LogP contribution is -2.53. The smallest absolute Gasteiger partial charge is 0.326 e. The first-order valence-electron chi connectivity index (χ1n) is 6.84. The van der Waals surface area contributed by atoms with Gasteiger partial charge in [-0.1, -0.05) is 41.0 Å². The minimum atomic E-state index is -1.07. The van der Waals surface area contributed by atoms with Crippen molar-refractivity contribution in [2.24, 2.45) is 11.3 Å². The number of hydrogen-bond acceptors (Lipinski definition) is 3. The molecule has 0 rings (SSSR count). The zero-order valence-electron chi connectivity index (χ0n) is 13.1. The lowest BCUT2D eigenvalue weighted by atomic mass is 9.95. The number of hydrogen-bond donors (Lipinski definition) is 3. The van der Waals surface area contributed by atoms with Gasteiger partial charge in [0.1, 0.15) is 12.1 Å². The van der Waals surface area contributed by atoms with Crippen molar-refractivity contribution in [3.05, 3.63) is 0 Å². The Balaban J connectivity index is 4.66. The van der Waals surface area contributed by atoms with Gasteiger partial charge in [0.05, 0.1) is 0 Å². The average Bonchev–Trinajstić information content (AvgIpc) is 2.32. The van der Waals surface area contributed by atoms with Crippen LogP contribution in [0.1, 0.15) is 48.0 Å². The maximum Gasteiger partial charge on any atom is 0.326 e. The Kier molecular flexibility index (Phi) is 6.68. The van der Waals surface area contributed by atoms with Crippen molar-refractivity contribution in [1.29, 1.82) is 0 Å². The molecule has 20 heavy (non-hydrogen) atoms. The lowest BCUT2D eigenvalue weighted by Gasteiger charge is -2.24. The molecule has 2 amide bonds. The van der Waals surface area contributed by atoms with Crippen LogP contribution >= 0.6 is 0 Å². The molecule has 0 spiro atoms. The lowest BCUT2D eigenvalue weighted by molar-refractivity contribution is -0.143. The number of carbonyl (C=O) groups excluding carboxylic acids is 2. The van der Waals surface area contributed by atoms with Crippen LogP contribution in [0.2, 0.25) is 0 Å². The van der Waals surface area contributed by atoms with Crippen LogP contribution in [0.3, 0.4) is 0 Å². The summed E-state index contributed by atoms with van der Waals surface area (Å²) >= 11 is 0. The van der Waals surface area contributed by atoms with Gasteiger partial charge in [-0.2, -0.15) is 0 Å². The van der Waals surface area contributed by atoms with Crippen molar-refractivity contribution >= 4 is 17.8 Å². The Morgan fingerprint density at radius 2 is 1.60 bits per heavy atom. The largest absolute Gasteiger partial charge is 0.480 e. The van der Waals surface area contributed by atoms with Crippen LogP contribution in [0.25, 0.3) is 0 Å². The minimum absolute atomic E-state index is 0.179. The maximum absolute atomic E-state index is 12.0. The fourth-order valence-electron chi connectivity index (χ4n) is 1.44. The number of carbonyl (C=O) groups is 3. The Labute approximate surface area is 120 Å². The molecule has 0 aromatic carbocycles. The molecule has 0 bridgehead atoms. The summed E-state index contributed by atoms with van der Waals surface area (Å²) in [6.07, 6.45) is 0.639. The molecule has 6 nitrogen and oxygen atoms in total. The second-order valence-electron chi connectivity index (χ2n) is 6.16. The third-order valence-corrected chi connectivity index (χ3v) is 3.20. The fourth-order valence-corrected chi connectivity index (χ4v) is 1.44. The zero-order valence-corrected chi connectivity index (χ0v) is 13.1. The van der Waals surface area contributed by atoms with Gasteiger partial charge in [-0.15, -0.1) is 0 Å². The van der Waals surface area contributed by atoms with E-state index in [1.54, 1.807) is 27.7 Å². The second-order valence-corrected chi connectivity index (χ2v) is 6.16. The molecular weight excluding hydrogens is 260 g/mol. The molecule has 0 heterocycles. The molecule has 3 N–H and O–H groups in total. The summed E-state index contributed by atoms with van der Waals surface area (Å²) in [7, 11) is 0. The average molecular weight is 286 g/mol. The summed E-state index contributed by atoms with van der Waals surface area (Å²) in [5, 5.41) is 14.2. The zero-order chi connectivity index (χ0) is 16.1. The van der Waals surface area contributed by atoms with Gasteiger partial charge in [-0.3, -0.25) is 9.59 Å². The summed E-state index contributed by atoms with van der Waals surface area (Å²) in [6.45, 7) is 10.4. The van der Waals surface area contributed by atoms with Crippen LogP contribution in [0.4, 0.5) is 0 Å². The van der Waals surface area contributed by atoms with Gasteiger partial charge in [0, 0.05) is 5.41 Å². The third kappa shape index (κ3) is 5.59. The highest BCUT2D eigenvalue weighted by Crippen LogP contribution is 2.13. The number of aliphatic carboxylic acids is 1. The fraction of sp³-hybridized carbons (Fsp3) is 0.786. The van der Waals surface area contributed by atoms with Gasteiger partial charge in [-0.25, -0.2) is 4.79 Å². The summed E-state index contributed by atoms with van der Waals surface area (Å²) in [5.74, 6) is -1.99. The van der Waals surface area contributed by atoms with E-state index in [0.717, 1.165) is 0 Å². The van der Waals surface area contributed by atoms with E-state index >= 15 is 0 Å². The molecule has 0 aromatic heterocycles. The second kappa shape index (κ2) is 7.26. The molecule has 0 saturated carbocycles. The first-order valence-corrected chi connectivity index (χ1v) is 6.84. The van der Waals surface area contributed by atoms with E-state index in [1.165, 1.54) is 6.92 Å². The molecule has 1 unspecified atom stereocenters. The van der Waals surface area contributed by atoms with E-state index in [4.69, 9.17) is 5.11 Å². The van der Waals surface area contributed by atoms with Gasteiger partial charge >= 0.3 is 5.97 Å². The van der Waals surface area contributed by atoms with Crippen molar-refractivity contribution in [1.82, 2.24) is 10.6 Å². The highest BCUT2D eigenvalue weighted by molar-refractivity contribution is 5.91. The Hall–Kier alpha value is -1.59. The molecule has 0 saturated heterocycles. The maximum atomic E-state index is 12.0. The molecule has 0 aliphatic heterocycles. The van der Waals surface area contributed by atoms with E-state index in [-0.39, 0.29) is 11.8 Å². The van der Waals surface area contributed by atoms with E-state index in [0.29, 0.717) is 6.42 Å². The predicted octanol–water partition coefficient (Wildman–Crippen LogP) is 1.15. The van der Waals surface area contributed by atoms with Crippen molar-refractivity contribution in [2.75, 3.05) is 0 Å². The van der Waals surface area contributed by atoms with E-state index in [9.17, 15) is 14.4 Å². The SMILES string of the molecule is CC[C@H](C)[C@H](NC(=O)C(C)NC(=O)C(C)(C)C)C(=O)O. The summed E-state index contributed by atoms with van der Waals surface area (Å²) in [5.41, 5.74) is -0.600. The number of carboxylic acid groups (broad SMARTS) is 1. The van der Waals surface area contributed by atoms with Crippen molar-refractivity contribution < 1.29 is 19.5 Å². The monoisotopic (exact) mass is 286 g/mol. The third-order valence-electron chi connectivity index (χ3n) is 3.20. The molecule has 6 heteroatoms. The summed E-state index contributed by atoms with van der Waals surface area (Å²) in [4.78, 5) is 34.9. The van der Waals surface area contributed by atoms with Crippen LogP contribution < -0.4 is 10.6 Å². The molecule has 116 valence electrons. The van der Waals surface area contributed by atoms with E-state index < -0.39 is 29.4 Å². The van der Waals surface area contributed by atoms with Gasteiger partial charge in [0.2, 0.25) is 11.8 Å². The molecule has 0 aromatic rings.